The largest absolute Gasteiger partial charge is 0.308 e. The van der Waals surface area contributed by atoms with Gasteiger partial charge in [-0.2, -0.15) is 0 Å². The molecule has 0 aromatic heterocycles. The summed E-state index contributed by atoms with van der Waals surface area (Å²) in [4.78, 5) is 10.8. The van der Waals surface area contributed by atoms with Gasteiger partial charge in [0.15, 0.2) is 0 Å². The van der Waals surface area contributed by atoms with Crippen LogP contribution in [0.15, 0.2) is 12.1 Å². The van der Waals surface area contributed by atoms with Crippen LogP contribution in [-0.2, 0) is 0 Å². The highest BCUT2D eigenvalue weighted by Crippen LogP contribution is 2.13. The molecule has 3 N–H and O–H groups in total. The van der Waals surface area contributed by atoms with E-state index in [0.29, 0.717) is 6.21 Å². The van der Waals surface area contributed by atoms with Gasteiger partial charge in [0.1, 0.15) is 11.6 Å². The number of carbonyl (C=O) groups is 1. The summed E-state index contributed by atoms with van der Waals surface area (Å²) >= 11 is 0. The Labute approximate surface area is 77.6 Å². The van der Waals surface area contributed by atoms with Crippen LogP contribution < -0.4 is 5.48 Å². The Kier molecular flexibility index (Phi) is 2.88. The fraction of sp³-hybridized carbons (Fsp3) is 0. The van der Waals surface area contributed by atoms with Crippen molar-refractivity contribution in [3.8, 4) is 0 Å². The Hall–Kier alpha value is -1.82. The minimum Gasteiger partial charge on any atom is -0.308 e. The van der Waals surface area contributed by atoms with Crippen LogP contribution in [0, 0.1) is 17.0 Å². The standard InChI is InChI=1S/C8H6F2N2O2/c9-6-1-4(8(13)12-14)2-7(10)5(6)3-11/h1-3,11,14H,(H,12,13). The molecule has 0 spiro atoms. The SMILES string of the molecule is N=Cc1c(F)cc(C(=O)NO)cc1F. The molecule has 1 aromatic rings. The van der Waals surface area contributed by atoms with E-state index >= 15 is 0 Å². The lowest BCUT2D eigenvalue weighted by atomic mass is 10.1. The van der Waals surface area contributed by atoms with E-state index in [0.717, 1.165) is 12.1 Å². The molecule has 0 saturated carbocycles. The van der Waals surface area contributed by atoms with E-state index in [2.05, 4.69) is 0 Å². The first kappa shape index (κ1) is 10.3. The average molecular weight is 200 g/mol. The monoisotopic (exact) mass is 200 g/mol. The number of hydrogen-bond donors (Lipinski definition) is 3. The third-order valence-corrected chi connectivity index (χ3v) is 1.59. The number of nitrogens with one attached hydrogen (secondary N) is 2. The first-order chi connectivity index (χ1) is 6.60. The summed E-state index contributed by atoms with van der Waals surface area (Å²) in [6, 6.07) is 1.46. The third kappa shape index (κ3) is 1.74. The predicted molar refractivity (Wildman–Crippen MR) is 43.5 cm³/mol. The molecule has 1 aromatic carbocycles. The van der Waals surface area contributed by atoms with Gasteiger partial charge in [0.05, 0.1) is 5.56 Å². The van der Waals surface area contributed by atoms with E-state index < -0.39 is 23.1 Å². The number of halogens is 2. The zero-order valence-corrected chi connectivity index (χ0v) is 6.84. The van der Waals surface area contributed by atoms with Gasteiger partial charge in [-0.25, -0.2) is 14.3 Å². The van der Waals surface area contributed by atoms with Gasteiger partial charge < -0.3 is 5.41 Å². The zero-order valence-electron chi connectivity index (χ0n) is 6.84. The lowest BCUT2D eigenvalue weighted by Crippen LogP contribution is -2.19. The summed E-state index contributed by atoms with van der Waals surface area (Å²) in [5, 5.41) is 14.9. The number of rotatable bonds is 2. The van der Waals surface area contributed by atoms with Crippen LogP contribution in [0.1, 0.15) is 15.9 Å². The Morgan fingerprint density at radius 3 is 2.29 bits per heavy atom. The summed E-state index contributed by atoms with van der Waals surface area (Å²) in [7, 11) is 0. The molecule has 6 heteroatoms. The molecule has 1 amide bonds. The fourth-order valence-corrected chi connectivity index (χ4v) is 0.918. The molecule has 0 unspecified atom stereocenters. The third-order valence-electron chi connectivity index (χ3n) is 1.59. The van der Waals surface area contributed by atoms with Crippen LogP contribution in [0.2, 0.25) is 0 Å². The van der Waals surface area contributed by atoms with Crippen molar-refractivity contribution in [3.05, 3.63) is 34.9 Å². The number of hydroxylamine groups is 1. The number of amides is 1. The van der Waals surface area contributed by atoms with Crippen molar-refractivity contribution in [1.29, 1.82) is 5.41 Å². The summed E-state index contributed by atoms with van der Waals surface area (Å²) in [5.74, 6) is -3.07. The zero-order chi connectivity index (χ0) is 10.7. The highest BCUT2D eigenvalue weighted by molar-refractivity contribution is 5.94. The topological polar surface area (TPSA) is 73.2 Å². The Balaban J connectivity index is 3.27. The summed E-state index contributed by atoms with van der Waals surface area (Å²) < 4.78 is 25.9. The summed E-state index contributed by atoms with van der Waals surface area (Å²) in [5.41, 5.74) is 0.362. The molecule has 14 heavy (non-hydrogen) atoms. The second kappa shape index (κ2) is 3.93. The van der Waals surface area contributed by atoms with Gasteiger partial charge in [0.2, 0.25) is 0 Å². The fourth-order valence-electron chi connectivity index (χ4n) is 0.918. The maximum absolute atomic E-state index is 13.0. The highest BCUT2D eigenvalue weighted by atomic mass is 19.1. The second-order valence-corrected chi connectivity index (χ2v) is 2.44. The summed E-state index contributed by atoms with van der Waals surface area (Å²) in [6.07, 6.45) is 0.505. The van der Waals surface area contributed by atoms with Crippen molar-refractivity contribution in [2.24, 2.45) is 0 Å². The molecule has 0 heterocycles. The van der Waals surface area contributed by atoms with Crippen LogP contribution >= 0.6 is 0 Å². The van der Waals surface area contributed by atoms with E-state index in [9.17, 15) is 13.6 Å². The van der Waals surface area contributed by atoms with E-state index in [4.69, 9.17) is 10.6 Å². The quantitative estimate of drug-likeness (QED) is 0.379. The van der Waals surface area contributed by atoms with Gasteiger partial charge in [-0.3, -0.25) is 10.0 Å². The molecule has 4 nitrogen and oxygen atoms in total. The van der Waals surface area contributed by atoms with Crippen molar-refractivity contribution >= 4 is 12.1 Å². The molecule has 74 valence electrons. The van der Waals surface area contributed by atoms with Gasteiger partial charge in [-0.15, -0.1) is 0 Å². The van der Waals surface area contributed by atoms with E-state index in [1.807, 2.05) is 0 Å². The van der Waals surface area contributed by atoms with Crippen molar-refractivity contribution < 1.29 is 18.8 Å². The molecule has 0 radical (unpaired) electrons. The molecular formula is C8H6F2N2O2. The number of hydrogen-bond acceptors (Lipinski definition) is 3. The van der Waals surface area contributed by atoms with E-state index in [1.165, 1.54) is 5.48 Å². The molecule has 0 bridgehead atoms. The Morgan fingerprint density at radius 2 is 1.93 bits per heavy atom. The van der Waals surface area contributed by atoms with Gasteiger partial charge in [0, 0.05) is 11.8 Å². The first-order valence-electron chi connectivity index (χ1n) is 3.54. The number of benzene rings is 1. The first-order valence-corrected chi connectivity index (χ1v) is 3.54. The van der Waals surface area contributed by atoms with Crippen LogP contribution in [0.5, 0.6) is 0 Å². The molecule has 0 atom stereocenters. The van der Waals surface area contributed by atoms with Gasteiger partial charge in [-0.05, 0) is 12.1 Å². The lowest BCUT2D eigenvalue weighted by Gasteiger charge is -2.02. The van der Waals surface area contributed by atoms with Crippen LogP contribution in [0.3, 0.4) is 0 Å². The van der Waals surface area contributed by atoms with Crippen LogP contribution in [0.25, 0.3) is 0 Å². The van der Waals surface area contributed by atoms with Crippen molar-refractivity contribution in [2.75, 3.05) is 0 Å². The lowest BCUT2D eigenvalue weighted by molar-refractivity contribution is 0.0705. The molecule has 0 fully saturated rings. The smallest absolute Gasteiger partial charge is 0.274 e. The van der Waals surface area contributed by atoms with Crippen LogP contribution in [-0.4, -0.2) is 17.3 Å². The van der Waals surface area contributed by atoms with Crippen molar-refractivity contribution in [1.82, 2.24) is 5.48 Å². The van der Waals surface area contributed by atoms with E-state index in [1.54, 1.807) is 0 Å². The van der Waals surface area contributed by atoms with Gasteiger partial charge in [-0.1, -0.05) is 0 Å². The Morgan fingerprint density at radius 1 is 1.43 bits per heavy atom. The van der Waals surface area contributed by atoms with Crippen molar-refractivity contribution in [2.45, 2.75) is 0 Å². The second-order valence-electron chi connectivity index (χ2n) is 2.44. The maximum atomic E-state index is 13.0. The molecule has 0 aliphatic carbocycles. The van der Waals surface area contributed by atoms with E-state index in [-0.39, 0.29) is 5.56 Å². The Bertz CT molecular complexity index is 370. The molecule has 1 rings (SSSR count). The average Bonchev–Trinajstić information content (AvgIpc) is 2.16. The number of carbonyl (C=O) groups excluding carboxylic acids is 1. The highest BCUT2D eigenvalue weighted by Gasteiger charge is 2.12. The molecule has 0 aliphatic rings. The predicted octanol–water partition coefficient (Wildman–Crippen LogP) is 1.08. The van der Waals surface area contributed by atoms with Crippen LogP contribution in [0.4, 0.5) is 8.78 Å². The minimum atomic E-state index is -1.03. The minimum absolute atomic E-state index is 0.354. The molecule has 0 aliphatic heterocycles. The normalized spacial score (nSPS) is 9.64. The molecular weight excluding hydrogens is 194 g/mol. The van der Waals surface area contributed by atoms with Gasteiger partial charge >= 0.3 is 0 Å². The van der Waals surface area contributed by atoms with Crippen molar-refractivity contribution in [3.63, 3.8) is 0 Å². The van der Waals surface area contributed by atoms with Gasteiger partial charge in [0.25, 0.3) is 5.91 Å². The summed E-state index contributed by atoms with van der Waals surface area (Å²) in [6.45, 7) is 0. The molecule has 0 saturated heterocycles. The maximum Gasteiger partial charge on any atom is 0.274 e.